The number of piperidine rings is 1. The molecule has 5 aromatic rings. The number of H-pyrrole nitrogens is 2. The first kappa shape index (κ1) is 50.6. The summed E-state index contributed by atoms with van der Waals surface area (Å²) in [6.07, 6.45) is 7.75. The minimum Gasteiger partial charge on any atom is -0.436 e. The van der Waals surface area contributed by atoms with E-state index < -0.39 is 77.2 Å². The average Bonchev–Trinajstić information content (AvgIpc) is 4.30. The predicted octanol–water partition coefficient (Wildman–Crippen LogP) is 10.1. The summed E-state index contributed by atoms with van der Waals surface area (Å²) >= 11 is 0. The van der Waals surface area contributed by atoms with Crippen LogP contribution in [0.2, 0.25) is 0 Å². The number of carbonyl (C=O) groups excluding carboxylic acids is 4. The van der Waals surface area contributed by atoms with Crippen LogP contribution in [0.1, 0.15) is 157 Å². The highest BCUT2D eigenvalue weighted by molar-refractivity contribution is 5.86. The fraction of sp³-hybridized carbons (Fsp3) is 0.564. The van der Waals surface area contributed by atoms with Crippen molar-refractivity contribution in [2.75, 3.05) is 36.0 Å². The molecule has 11 rings (SSSR count). The number of imidazole rings is 2. The van der Waals surface area contributed by atoms with E-state index in [2.05, 4.69) is 9.97 Å². The number of carbonyl (C=O) groups is 4. The molecular formula is C55H66F4N10O6. The van der Waals surface area contributed by atoms with E-state index in [4.69, 9.17) is 30.9 Å². The molecule has 20 heteroatoms. The molecular weight excluding hydrogens is 973 g/mol. The number of ether oxygens (including phenoxy) is 2. The topological polar surface area (TPSA) is 209 Å². The van der Waals surface area contributed by atoms with Crippen LogP contribution in [0, 0.1) is 41.0 Å². The second kappa shape index (κ2) is 20.2. The van der Waals surface area contributed by atoms with Gasteiger partial charge in [0.15, 0.2) is 23.8 Å². The predicted molar refractivity (Wildman–Crippen MR) is 271 cm³/mol. The SMILES string of the molecule is CC1CC(c2cc3[nH]c(C4CCCN4C(=O)[C@@H](OC(N)=O)C4CCCC4)nc3cc2F)N(c2cc(F)c(N3CCCCC3)c(F)c2)[C@@]1(C)c1cc2[nH]c(C3CCCN3C(=O)[C@@H](OC(N)=O)C3CCCC3)nc2cc1F. The van der Waals surface area contributed by atoms with E-state index in [9.17, 15) is 19.2 Å². The number of hydrogen-bond acceptors (Lipinski definition) is 10. The molecule has 0 bridgehead atoms. The Kier molecular flexibility index (Phi) is 13.6. The lowest BCUT2D eigenvalue weighted by Crippen LogP contribution is -2.45. The number of nitrogens with zero attached hydrogens (tertiary/aromatic N) is 6. The van der Waals surface area contributed by atoms with Gasteiger partial charge in [-0.25, -0.2) is 37.1 Å². The highest BCUT2D eigenvalue weighted by Gasteiger charge is 2.53. The number of fused-ring (bicyclic) bond motifs is 2. The molecule has 6 heterocycles. The number of nitrogens with two attached hydrogens (primary N) is 2. The number of primary amides is 2. The van der Waals surface area contributed by atoms with Gasteiger partial charge < -0.3 is 50.5 Å². The normalized spacial score (nSPS) is 25.5. The third kappa shape index (κ3) is 9.16. The minimum atomic E-state index is -1.36. The minimum absolute atomic E-state index is 0.0995. The van der Waals surface area contributed by atoms with Gasteiger partial charge in [0.2, 0.25) is 0 Å². The number of amides is 4. The summed E-state index contributed by atoms with van der Waals surface area (Å²) in [5, 5.41) is 0. The summed E-state index contributed by atoms with van der Waals surface area (Å²) in [5.74, 6) is -3.41. The van der Waals surface area contributed by atoms with Crippen LogP contribution < -0.4 is 21.3 Å². The van der Waals surface area contributed by atoms with Gasteiger partial charge in [0.25, 0.3) is 11.8 Å². The number of rotatable bonds is 12. The van der Waals surface area contributed by atoms with Crippen LogP contribution in [0.3, 0.4) is 0 Å². The maximum absolute atomic E-state index is 17.3. The van der Waals surface area contributed by atoms with Crippen LogP contribution in [0.5, 0.6) is 0 Å². The van der Waals surface area contributed by atoms with Gasteiger partial charge in [0.05, 0.1) is 45.7 Å². The van der Waals surface area contributed by atoms with Gasteiger partial charge in [-0.3, -0.25) is 9.59 Å². The van der Waals surface area contributed by atoms with Crippen LogP contribution in [0.15, 0.2) is 36.4 Å². The number of anilines is 2. The zero-order valence-electron chi connectivity index (χ0n) is 42.5. The molecule has 4 amide bonds. The molecule has 7 atom stereocenters. The van der Waals surface area contributed by atoms with Crippen molar-refractivity contribution >= 4 is 57.4 Å². The van der Waals surface area contributed by atoms with E-state index in [0.29, 0.717) is 85.6 Å². The Bertz CT molecular complexity index is 3000. The van der Waals surface area contributed by atoms with Crippen molar-refractivity contribution in [3.63, 3.8) is 0 Å². The quantitative estimate of drug-likeness (QED) is 0.0869. The molecule has 0 radical (unpaired) electrons. The van der Waals surface area contributed by atoms with Crippen molar-refractivity contribution < 1.29 is 46.2 Å². The molecule has 2 saturated carbocycles. The average molecular weight is 1040 g/mol. The number of nitrogens with one attached hydrogen (secondary N) is 2. The lowest BCUT2D eigenvalue weighted by Gasteiger charge is -2.43. The smallest absolute Gasteiger partial charge is 0.405 e. The lowest BCUT2D eigenvalue weighted by atomic mass is 9.80. The number of aromatic nitrogens is 4. The van der Waals surface area contributed by atoms with E-state index >= 15 is 17.6 Å². The first-order valence-electron chi connectivity index (χ1n) is 27.0. The molecule has 6 aliphatic rings. The number of halogens is 4. The zero-order chi connectivity index (χ0) is 52.4. The standard InChI is InChI=1S/C55H66F4N10O6/c1-29-22-45(33-25-39-41(27-35(33)56)64-49(62-39)43-16-10-20-67(43)51(70)47(74-53(60)72)30-12-4-5-13-30)69(32-23-37(58)46(38(59)24-32)66-18-8-3-9-19-66)55(29,2)34-26-40-42(28-36(34)57)65-50(63-40)44-17-11-21-68(44)52(71)48(75-54(61)73)31-14-6-7-15-31/h23-31,43-45,47-48H,3-22H2,1-2H3,(H2,60,72)(H2,61,73)(H,62,64)(H,63,65)/t29?,43?,44?,45?,47-,48-,55+/m0/s1. The van der Waals surface area contributed by atoms with Crippen molar-refractivity contribution in [3.8, 4) is 0 Å². The number of likely N-dealkylation sites (tertiary alicyclic amines) is 2. The van der Waals surface area contributed by atoms with Crippen LogP contribution in [-0.2, 0) is 24.6 Å². The number of benzene rings is 3. The third-order valence-electron chi connectivity index (χ3n) is 17.7. The fourth-order valence-electron chi connectivity index (χ4n) is 14.0. The molecule has 4 unspecified atom stereocenters. The lowest BCUT2D eigenvalue weighted by molar-refractivity contribution is -0.144. The van der Waals surface area contributed by atoms with E-state index in [-0.39, 0.29) is 52.6 Å². The Morgan fingerprint density at radius 1 is 0.613 bits per heavy atom. The molecule has 4 saturated heterocycles. The molecule has 6 fully saturated rings. The molecule has 0 spiro atoms. The third-order valence-corrected chi connectivity index (χ3v) is 17.7. The summed E-state index contributed by atoms with van der Waals surface area (Å²) < 4.78 is 78.7. The van der Waals surface area contributed by atoms with Crippen molar-refractivity contribution in [2.45, 2.75) is 152 Å². The maximum Gasteiger partial charge on any atom is 0.405 e. The molecule has 400 valence electrons. The number of hydrogen-bond donors (Lipinski definition) is 4. The molecule has 75 heavy (non-hydrogen) atoms. The second-order valence-electron chi connectivity index (χ2n) is 22.1. The van der Waals surface area contributed by atoms with Crippen LogP contribution in [0.4, 0.5) is 38.5 Å². The Balaban J connectivity index is 0.961. The van der Waals surface area contributed by atoms with Gasteiger partial charge >= 0.3 is 12.2 Å². The monoisotopic (exact) mass is 1040 g/mol. The highest BCUT2D eigenvalue weighted by atomic mass is 19.1. The van der Waals surface area contributed by atoms with Crippen molar-refractivity contribution in [1.82, 2.24) is 29.7 Å². The van der Waals surface area contributed by atoms with Crippen LogP contribution in [-0.4, -0.2) is 92.1 Å². The van der Waals surface area contributed by atoms with Gasteiger partial charge in [-0.05, 0) is 114 Å². The van der Waals surface area contributed by atoms with E-state index in [1.54, 1.807) is 31.7 Å². The summed E-state index contributed by atoms with van der Waals surface area (Å²) in [5.41, 5.74) is 11.4. The maximum atomic E-state index is 17.3. The zero-order valence-corrected chi connectivity index (χ0v) is 42.5. The van der Waals surface area contributed by atoms with Crippen LogP contribution >= 0.6 is 0 Å². The first-order chi connectivity index (χ1) is 36.1. The van der Waals surface area contributed by atoms with E-state index in [1.807, 2.05) is 13.8 Å². The largest absolute Gasteiger partial charge is 0.436 e. The fourth-order valence-corrected chi connectivity index (χ4v) is 14.0. The van der Waals surface area contributed by atoms with Gasteiger partial charge in [0.1, 0.15) is 29.0 Å². The van der Waals surface area contributed by atoms with E-state index in [0.717, 1.165) is 70.6 Å². The van der Waals surface area contributed by atoms with Crippen molar-refractivity contribution in [3.05, 3.63) is 82.4 Å². The molecule has 4 aliphatic heterocycles. The van der Waals surface area contributed by atoms with Crippen molar-refractivity contribution in [2.24, 2.45) is 29.2 Å². The molecule has 2 aromatic heterocycles. The summed E-state index contributed by atoms with van der Waals surface area (Å²) in [6.45, 7) is 5.51. The van der Waals surface area contributed by atoms with Gasteiger partial charge in [-0.2, -0.15) is 0 Å². The van der Waals surface area contributed by atoms with Gasteiger partial charge in [-0.1, -0.05) is 32.6 Å². The van der Waals surface area contributed by atoms with Gasteiger partial charge in [-0.15, -0.1) is 0 Å². The summed E-state index contributed by atoms with van der Waals surface area (Å²) in [6, 6.07) is 6.54. The first-order valence-corrected chi connectivity index (χ1v) is 27.0. The molecule has 2 aliphatic carbocycles. The number of aromatic amines is 2. The second-order valence-corrected chi connectivity index (χ2v) is 22.1. The molecule has 16 nitrogen and oxygen atoms in total. The summed E-state index contributed by atoms with van der Waals surface area (Å²) in [4.78, 5) is 75.4. The van der Waals surface area contributed by atoms with E-state index in [1.165, 1.54) is 24.3 Å². The highest BCUT2D eigenvalue weighted by Crippen LogP contribution is 2.56. The Hall–Kier alpha value is -6.60. The Labute approximate surface area is 432 Å². The Morgan fingerprint density at radius 2 is 1.11 bits per heavy atom. The molecule has 6 N–H and O–H groups in total. The van der Waals surface area contributed by atoms with Crippen molar-refractivity contribution in [1.29, 1.82) is 0 Å². The van der Waals surface area contributed by atoms with Crippen LogP contribution in [0.25, 0.3) is 22.1 Å². The molecule has 3 aromatic carbocycles. The van der Waals surface area contributed by atoms with Gasteiger partial charge in [0, 0.05) is 67.0 Å². The Morgan fingerprint density at radius 3 is 1.61 bits per heavy atom. The summed E-state index contributed by atoms with van der Waals surface area (Å²) in [7, 11) is 0.